The van der Waals surface area contributed by atoms with Gasteiger partial charge in [-0.1, -0.05) is 29.3 Å². The van der Waals surface area contributed by atoms with Gasteiger partial charge in [-0.2, -0.15) is 0 Å². The fourth-order valence-corrected chi connectivity index (χ4v) is 2.28. The van der Waals surface area contributed by atoms with Crippen LogP contribution in [0.25, 0.3) is 0 Å². The van der Waals surface area contributed by atoms with Crippen molar-refractivity contribution in [2.75, 3.05) is 25.6 Å². The first kappa shape index (κ1) is 17.5. The van der Waals surface area contributed by atoms with E-state index in [2.05, 4.69) is 20.6 Å². The highest BCUT2D eigenvalue weighted by Gasteiger charge is 2.11. The van der Waals surface area contributed by atoms with Gasteiger partial charge in [0.05, 0.1) is 15.7 Å². The first-order valence-corrected chi connectivity index (χ1v) is 7.68. The molecule has 8 heteroatoms. The number of aromatic nitrogens is 2. The Kier molecular flexibility index (Phi) is 6.58. The van der Waals surface area contributed by atoms with Crippen LogP contribution in [0.1, 0.15) is 16.9 Å². The van der Waals surface area contributed by atoms with Crippen molar-refractivity contribution < 1.29 is 9.53 Å². The van der Waals surface area contributed by atoms with Crippen LogP contribution in [0.2, 0.25) is 10.0 Å². The van der Waals surface area contributed by atoms with Crippen LogP contribution < -0.4 is 10.6 Å². The highest BCUT2D eigenvalue weighted by molar-refractivity contribution is 6.39. The maximum Gasteiger partial charge on any atom is 0.270 e. The van der Waals surface area contributed by atoms with Gasteiger partial charge in [0, 0.05) is 26.5 Å². The third kappa shape index (κ3) is 5.06. The summed E-state index contributed by atoms with van der Waals surface area (Å²) in [6, 6.07) is 6.66. The maximum atomic E-state index is 12.0. The van der Waals surface area contributed by atoms with Crippen LogP contribution in [0.5, 0.6) is 0 Å². The van der Waals surface area contributed by atoms with Crippen molar-refractivity contribution in [2.45, 2.75) is 6.42 Å². The molecule has 1 aromatic heterocycles. The number of methoxy groups -OCH3 is 1. The Morgan fingerprint density at radius 2 is 2.00 bits per heavy atom. The minimum atomic E-state index is -0.281. The molecule has 2 aromatic rings. The Labute approximate surface area is 144 Å². The summed E-state index contributed by atoms with van der Waals surface area (Å²) in [5.74, 6) is -0.0404. The van der Waals surface area contributed by atoms with Gasteiger partial charge in [-0.05, 0) is 24.6 Å². The van der Waals surface area contributed by atoms with E-state index in [1.807, 2.05) is 0 Å². The molecule has 0 aliphatic heterocycles. The molecule has 2 rings (SSSR count). The second-order valence-electron chi connectivity index (χ2n) is 4.59. The van der Waals surface area contributed by atoms with Gasteiger partial charge in [0.1, 0.15) is 5.69 Å². The van der Waals surface area contributed by atoms with Crippen molar-refractivity contribution in [2.24, 2.45) is 0 Å². The summed E-state index contributed by atoms with van der Waals surface area (Å²) in [5.41, 5.74) is 0.747. The van der Waals surface area contributed by atoms with Gasteiger partial charge in [0.25, 0.3) is 5.91 Å². The van der Waals surface area contributed by atoms with E-state index in [4.69, 9.17) is 27.9 Å². The number of rotatable bonds is 7. The van der Waals surface area contributed by atoms with Crippen LogP contribution in [-0.2, 0) is 4.74 Å². The lowest BCUT2D eigenvalue weighted by molar-refractivity contribution is 0.0943. The van der Waals surface area contributed by atoms with Gasteiger partial charge in [-0.3, -0.25) is 4.79 Å². The first-order valence-electron chi connectivity index (χ1n) is 6.93. The smallest absolute Gasteiger partial charge is 0.270 e. The summed E-state index contributed by atoms with van der Waals surface area (Å²) in [6.07, 6.45) is 2.22. The lowest BCUT2D eigenvalue weighted by Gasteiger charge is -2.10. The lowest BCUT2D eigenvalue weighted by Crippen LogP contribution is -2.26. The zero-order valence-electron chi connectivity index (χ0n) is 12.5. The van der Waals surface area contributed by atoms with Crippen molar-refractivity contribution in [3.05, 3.63) is 46.2 Å². The van der Waals surface area contributed by atoms with Crippen LogP contribution >= 0.6 is 23.2 Å². The monoisotopic (exact) mass is 354 g/mol. The number of halogens is 2. The SMILES string of the molecule is COCCCNC(=O)c1ccnc(Nc2c(Cl)cccc2Cl)n1. The Hall–Kier alpha value is -1.89. The van der Waals surface area contributed by atoms with Gasteiger partial charge in [-0.25, -0.2) is 9.97 Å². The van der Waals surface area contributed by atoms with E-state index in [1.165, 1.54) is 12.3 Å². The molecule has 122 valence electrons. The molecule has 0 saturated carbocycles. The number of hydrogen-bond donors (Lipinski definition) is 2. The van der Waals surface area contributed by atoms with E-state index < -0.39 is 0 Å². The van der Waals surface area contributed by atoms with Crippen LogP contribution in [0.3, 0.4) is 0 Å². The third-order valence-corrected chi connectivity index (χ3v) is 3.53. The fraction of sp³-hybridized carbons (Fsp3) is 0.267. The number of carbonyl (C=O) groups excluding carboxylic acids is 1. The van der Waals surface area contributed by atoms with Crippen molar-refractivity contribution in [3.8, 4) is 0 Å². The molecule has 0 saturated heterocycles. The zero-order valence-corrected chi connectivity index (χ0v) is 14.0. The van der Waals surface area contributed by atoms with Crippen molar-refractivity contribution in [1.82, 2.24) is 15.3 Å². The third-order valence-electron chi connectivity index (χ3n) is 2.90. The van der Waals surface area contributed by atoms with Crippen LogP contribution in [0.15, 0.2) is 30.5 Å². The fourth-order valence-electron chi connectivity index (χ4n) is 1.78. The summed E-state index contributed by atoms with van der Waals surface area (Å²) in [5, 5.41) is 6.57. The summed E-state index contributed by atoms with van der Waals surface area (Å²) in [4.78, 5) is 20.3. The zero-order chi connectivity index (χ0) is 16.7. The molecule has 0 radical (unpaired) electrons. The molecule has 0 aliphatic rings. The average Bonchev–Trinajstić information content (AvgIpc) is 2.55. The molecule has 2 N–H and O–H groups in total. The maximum absolute atomic E-state index is 12.0. The minimum Gasteiger partial charge on any atom is -0.385 e. The Morgan fingerprint density at radius 1 is 1.26 bits per heavy atom. The molecule has 1 heterocycles. The van der Waals surface area contributed by atoms with E-state index in [-0.39, 0.29) is 17.5 Å². The standard InChI is InChI=1S/C15H16Cl2N4O2/c1-23-9-3-7-18-14(22)12-6-8-19-15(20-12)21-13-10(16)4-2-5-11(13)17/h2,4-6,8H,3,7,9H2,1H3,(H,18,22)(H,19,20,21). The van der Waals surface area contributed by atoms with E-state index in [0.29, 0.717) is 28.9 Å². The molecule has 0 fully saturated rings. The molecule has 1 aromatic carbocycles. The highest BCUT2D eigenvalue weighted by Crippen LogP contribution is 2.31. The molecule has 0 bridgehead atoms. The summed E-state index contributed by atoms with van der Waals surface area (Å²) < 4.78 is 4.93. The number of carbonyl (C=O) groups is 1. The number of benzene rings is 1. The quantitative estimate of drug-likeness (QED) is 0.746. The number of anilines is 2. The Morgan fingerprint density at radius 3 is 2.70 bits per heavy atom. The molecule has 0 aliphatic carbocycles. The molecule has 1 amide bonds. The van der Waals surface area contributed by atoms with Gasteiger partial charge < -0.3 is 15.4 Å². The first-order chi connectivity index (χ1) is 11.1. The van der Waals surface area contributed by atoms with Gasteiger partial charge >= 0.3 is 0 Å². The van der Waals surface area contributed by atoms with Crippen LogP contribution in [-0.4, -0.2) is 36.1 Å². The lowest BCUT2D eigenvalue weighted by atomic mass is 10.3. The number of amides is 1. The molecule has 0 atom stereocenters. The molecular weight excluding hydrogens is 339 g/mol. The number of nitrogens with zero attached hydrogens (tertiary/aromatic N) is 2. The molecule has 6 nitrogen and oxygen atoms in total. The largest absolute Gasteiger partial charge is 0.385 e. The summed E-state index contributed by atoms with van der Waals surface area (Å²) in [7, 11) is 1.62. The number of nitrogens with one attached hydrogen (secondary N) is 2. The van der Waals surface area contributed by atoms with Gasteiger partial charge in [0.15, 0.2) is 0 Å². The minimum absolute atomic E-state index is 0.240. The van der Waals surface area contributed by atoms with E-state index in [1.54, 1.807) is 25.3 Å². The van der Waals surface area contributed by atoms with Gasteiger partial charge in [-0.15, -0.1) is 0 Å². The van der Waals surface area contributed by atoms with Crippen molar-refractivity contribution in [3.63, 3.8) is 0 Å². The van der Waals surface area contributed by atoms with E-state index in [0.717, 1.165) is 6.42 Å². The van der Waals surface area contributed by atoms with E-state index in [9.17, 15) is 4.79 Å². The predicted octanol–water partition coefficient (Wildman–Crippen LogP) is 3.29. The second kappa shape index (κ2) is 8.67. The number of para-hydroxylation sites is 1. The number of ether oxygens (including phenoxy) is 1. The molecular formula is C15H16Cl2N4O2. The summed E-state index contributed by atoms with van der Waals surface area (Å²) >= 11 is 12.2. The molecule has 0 unspecified atom stereocenters. The normalized spacial score (nSPS) is 10.4. The average molecular weight is 355 g/mol. The number of hydrogen-bond acceptors (Lipinski definition) is 5. The van der Waals surface area contributed by atoms with Crippen molar-refractivity contribution >= 4 is 40.7 Å². The molecule has 23 heavy (non-hydrogen) atoms. The Bertz CT molecular complexity index is 662. The van der Waals surface area contributed by atoms with Crippen LogP contribution in [0, 0.1) is 0 Å². The second-order valence-corrected chi connectivity index (χ2v) is 5.40. The molecule has 0 spiro atoms. The summed E-state index contributed by atoms with van der Waals surface area (Å²) in [6.45, 7) is 1.09. The van der Waals surface area contributed by atoms with Crippen LogP contribution in [0.4, 0.5) is 11.6 Å². The highest BCUT2D eigenvalue weighted by atomic mass is 35.5. The van der Waals surface area contributed by atoms with Gasteiger partial charge in [0.2, 0.25) is 5.95 Å². The topological polar surface area (TPSA) is 76.1 Å². The Balaban J connectivity index is 2.06. The van der Waals surface area contributed by atoms with E-state index >= 15 is 0 Å². The predicted molar refractivity (Wildman–Crippen MR) is 90.6 cm³/mol. The van der Waals surface area contributed by atoms with Crippen molar-refractivity contribution in [1.29, 1.82) is 0 Å².